The zero-order valence-electron chi connectivity index (χ0n) is 8.62. The Balaban J connectivity index is 2.72. The second-order valence-electron chi connectivity index (χ2n) is 3.88. The van der Waals surface area contributed by atoms with Gasteiger partial charge in [0, 0.05) is 18.0 Å². The average Bonchev–Trinajstić information content (AvgIpc) is 1.99. The lowest BCUT2D eigenvalue weighted by molar-refractivity contribution is -0.118. The lowest BCUT2D eigenvalue weighted by Gasteiger charge is -2.25. The molecule has 0 aliphatic carbocycles. The predicted octanol–water partition coefficient (Wildman–Crippen LogP) is 0.682. The van der Waals surface area contributed by atoms with Crippen LogP contribution in [0.3, 0.4) is 0 Å². The molecule has 0 saturated heterocycles. The molecular formula is C9H13FN4O. The van der Waals surface area contributed by atoms with E-state index in [0.29, 0.717) is 5.82 Å². The molecule has 0 radical (unpaired) electrons. The van der Waals surface area contributed by atoms with Crippen LogP contribution in [0.2, 0.25) is 0 Å². The van der Waals surface area contributed by atoms with Gasteiger partial charge in [0.15, 0.2) is 0 Å². The quantitative estimate of drug-likeness (QED) is 0.719. The summed E-state index contributed by atoms with van der Waals surface area (Å²) >= 11 is 0. The van der Waals surface area contributed by atoms with Crippen molar-refractivity contribution in [3.63, 3.8) is 0 Å². The maximum absolute atomic E-state index is 12.7. The summed E-state index contributed by atoms with van der Waals surface area (Å²) in [5.74, 6) is -0.724. The van der Waals surface area contributed by atoms with E-state index in [1.807, 2.05) is 0 Å². The van der Waals surface area contributed by atoms with E-state index in [-0.39, 0.29) is 6.42 Å². The third kappa shape index (κ3) is 3.88. The number of primary amides is 1. The van der Waals surface area contributed by atoms with E-state index in [4.69, 9.17) is 5.73 Å². The largest absolute Gasteiger partial charge is 0.370 e. The summed E-state index contributed by atoms with van der Waals surface area (Å²) in [4.78, 5) is 17.9. The van der Waals surface area contributed by atoms with Gasteiger partial charge in [0.2, 0.25) is 11.9 Å². The van der Waals surface area contributed by atoms with Crippen LogP contribution >= 0.6 is 0 Å². The van der Waals surface area contributed by atoms with E-state index in [2.05, 4.69) is 15.3 Å². The minimum Gasteiger partial charge on any atom is -0.370 e. The van der Waals surface area contributed by atoms with Gasteiger partial charge in [-0.15, -0.1) is 0 Å². The van der Waals surface area contributed by atoms with Crippen molar-refractivity contribution in [2.75, 3.05) is 5.32 Å². The molecule has 15 heavy (non-hydrogen) atoms. The number of nitrogens with two attached hydrogens (primary N) is 1. The smallest absolute Gasteiger partial charge is 0.219 e. The van der Waals surface area contributed by atoms with Gasteiger partial charge in [-0.1, -0.05) is 0 Å². The van der Waals surface area contributed by atoms with E-state index in [9.17, 15) is 9.18 Å². The SMILES string of the molecule is CC(C)(CC(N)=O)Nc1cc(F)ncn1. The maximum atomic E-state index is 12.7. The van der Waals surface area contributed by atoms with Crippen LogP contribution in [0.4, 0.5) is 10.2 Å². The Morgan fingerprint density at radius 1 is 1.60 bits per heavy atom. The van der Waals surface area contributed by atoms with Gasteiger partial charge in [0.05, 0.1) is 0 Å². The molecule has 0 atom stereocenters. The van der Waals surface area contributed by atoms with Crippen LogP contribution in [0.15, 0.2) is 12.4 Å². The molecule has 1 heterocycles. The number of nitrogens with zero attached hydrogens (tertiary/aromatic N) is 2. The number of amides is 1. The minimum absolute atomic E-state index is 0.138. The van der Waals surface area contributed by atoms with Crippen molar-refractivity contribution in [2.45, 2.75) is 25.8 Å². The Kier molecular flexibility index (Phi) is 3.18. The van der Waals surface area contributed by atoms with Crippen molar-refractivity contribution in [3.05, 3.63) is 18.3 Å². The van der Waals surface area contributed by atoms with E-state index in [1.54, 1.807) is 13.8 Å². The number of hydrogen-bond donors (Lipinski definition) is 2. The number of carbonyl (C=O) groups excluding carboxylic acids is 1. The van der Waals surface area contributed by atoms with Crippen molar-refractivity contribution in [3.8, 4) is 0 Å². The fourth-order valence-corrected chi connectivity index (χ4v) is 1.23. The van der Waals surface area contributed by atoms with Crippen molar-refractivity contribution in [1.82, 2.24) is 9.97 Å². The molecule has 3 N–H and O–H groups in total. The number of anilines is 1. The molecule has 5 nitrogen and oxygen atoms in total. The van der Waals surface area contributed by atoms with Gasteiger partial charge in [-0.05, 0) is 13.8 Å². The molecule has 0 aromatic carbocycles. The van der Waals surface area contributed by atoms with E-state index < -0.39 is 17.4 Å². The maximum Gasteiger partial charge on any atom is 0.219 e. The molecule has 0 saturated carbocycles. The first-order chi connectivity index (χ1) is 6.89. The highest BCUT2D eigenvalue weighted by Crippen LogP contribution is 2.15. The van der Waals surface area contributed by atoms with Crippen molar-refractivity contribution in [2.24, 2.45) is 5.73 Å². The van der Waals surface area contributed by atoms with Crippen LogP contribution < -0.4 is 11.1 Å². The molecule has 0 aliphatic heterocycles. The third-order valence-electron chi connectivity index (χ3n) is 1.72. The monoisotopic (exact) mass is 212 g/mol. The number of rotatable bonds is 4. The predicted molar refractivity (Wildman–Crippen MR) is 53.5 cm³/mol. The first kappa shape index (κ1) is 11.4. The summed E-state index contributed by atoms with van der Waals surface area (Å²) in [6.45, 7) is 3.55. The molecule has 0 fully saturated rings. The van der Waals surface area contributed by atoms with Crippen LogP contribution in [-0.2, 0) is 4.79 Å². The van der Waals surface area contributed by atoms with Crippen molar-refractivity contribution in [1.29, 1.82) is 0 Å². The zero-order valence-corrected chi connectivity index (χ0v) is 8.62. The lowest BCUT2D eigenvalue weighted by atomic mass is 10.0. The Hall–Kier alpha value is -1.72. The fraction of sp³-hybridized carbons (Fsp3) is 0.444. The van der Waals surface area contributed by atoms with Crippen LogP contribution in [0.5, 0.6) is 0 Å². The van der Waals surface area contributed by atoms with Crippen molar-refractivity contribution < 1.29 is 9.18 Å². The second kappa shape index (κ2) is 4.20. The summed E-state index contributed by atoms with van der Waals surface area (Å²) in [5, 5.41) is 2.90. The summed E-state index contributed by atoms with van der Waals surface area (Å²) in [6, 6.07) is 1.16. The molecular weight excluding hydrogens is 199 g/mol. The normalized spacial score (nSPS) is 11.1. The van der Waals surface area contributed by atoms with Gasteiger partial charge in [-0.25, -0.2) is 9.97 Å². The number of hydrogen-bond acceptors (Lipinski definition) is 4. The molecule has 1 aromatic heterocycles. The molecule has 0 aliphatic rings. The summed E-state index contributed by atoms with van der Waals surface area (Å²) in [7, 11) is 0. The summed E-state index contributed by atoms with van der Waals surface area (Å²) in [6.07, 6.45) is 1.25. The minimum atomic E-state index is -0.623. The van der Waals surface area contributed by atoms with E-state index in [1.165, 1.54) is 0 Å². The Labute approximate surface area is 86.9 Å². The van der Waals surface area contributed by atoms with Gasteiger partial charge in [-0.2, -0.15) is 4.39 Å². The van der Waals surface area contributed by atoms with Crippen LogP contribution in [-0.4, -0.2) is 21.4 Å². The first-order valence-corrected chi connectivity index (χ1v) is 4.43. The first-order valence-electron chi connectivity index (χ1n) is 4.43. The number of halogens is 1. The standard InChI is InChI=1S/C9H13FN4O/c1-9(2,4-7(11)15)14-8-3-6(10)12-5-13-8/h3,5H,4H2,1-2H3,(H2,11,15)(H,12,13,14). The molecule has 6 heteroatoms. The van der Waals surface area contributed by atoms with Gasteiger partial charge in [-0.3, -0.25) is 4.79 Å². The molecule has 82 valence electrons. The molecule has 1 aromatic rings. The summed E-state index contributed by atoms with van der Waals surface area (Å²) in [5.41, 5.74) is 4.51. The Bertz CT molecular complexity index is 367. The van der Waals surface area contributed by atoms with Crippen molar-refractivity contribution >= 4 is 11.7 Å². The Morgan fingerprint density at radius 3 is 2.80 bits per heavy atom. The molecule has 1 amide bonds. The highest BCUT2D eigenvalue weighted by Gasteiger charge is 2.20. The summed E-state index contributed by atoms with van der Waals surface area (Å²) < 4.78 is 12.7. The third-order valence-corrected chi connectivity index (χ3v) is 1.72. The van der Waals surface area contributed by atoms with Gasteiger partial charge >= 0.3 is 0 Å². The topological polar surface area (TPSA) is 80.9 Å². The Morgan fingerprint density at radius 2 is 2.27 bits per heavy atom. The molecule has 1 rings (SSSR count). The lowest BCUT2D eigenvalue weighted by Crippen LogP contribution is -2.36. The number of aromatic nitrogens is 2. The number of nitrogens with one attached hydrogen (secondary N) is 1. The zero-order chi connectivity index (χ0) is 11.5. The van der Waals surface area contributed by atoms with Crippen LogP contribution in [0, 0.1) is 5.95 Å². The van der Waals surface area contributed by atoms with E-state index >= 15 is 0 Å². The van der Waals surface area contributed by atoms with Gasteiger partial charge in [0.1, 0.15) is 12.1 Å². The highest BCUT2D eigenvalue weighted by atomic mass is 19.1. The molecule has 0 spiro atoms. The number of carbonyl (C=O) groups is 1. The molecule has 0 unspecified atom stereocenters. The average molecular weight is 212 g/mol. The molecule has 0 bridgehead atoms. The van der Waals surface area contributed by atoms with Crippen LogP contribution in [0.1, 0.15) is 20.3 Å². The van der Waals surface area contributed by atoms with Gasteiger partial charge < -0.3 is 11.1 Å². The fourth-order valence-electron chi connectivity index (χ4n) is 1.23. The van der Waals surface area contributed by atoms with Gasteiger partial charge in [0.25, 0.3) is 0 Å². The van der Waals surface area contributed by atoms with E-state index in [0.717, 1.165) is 12.4 Å². The second-order valence-corrected chi connectivity index (χ2v) is 3.88. The highest BCUT2D eigenvalue weighted by molar-refractivity contribution is 5.75. The van der Waals surface area contributed by atoms with Crippen LogP contribution in [0.25, 0.3) is 0 Å².